The maximum absolute atomic E-state index is 11.9. The van der Waals surface area contributed by atoms with Crippen LogP contribution in [0.15, 0.2) is 29.2 Å². The summed E-state index contributed by atoms with van der Waals surface area (Å²) in [6.07, 6.45) is 7.63. The first-order valence-electron chi connectivity index (χ1n) is 8.08. The number of anilines is 1. The highest BCUT2D eigenvalue weighted by Gasteiger charge is 2.15. The maximum atomic E-state index is 11.9. The minimum atomic E-state index is -3.72. The summed E-state index contributed by atoms with van der Waals surface area (Å²) < 4.78 is 22.4. The van der Waals surface area contributed by atoms with E-state index >= 15 is 0 Å². The summed E-state index contributed by atoms with van der Waals surface area (Å²) in [5, 5.41) is 10.7. The van der Waals surface area contributed by atoms with E-state index in [2.05, 4.69) is 10.6 Å². The molecule has 4 N–H and O–H groups in total. The third-order valence-corrected chi connectivity index (χ3v) is 5.33. The van der Waals surface area contributed by atoms with Gasteiger partial charge in [0.1, 0.15) is 0 Å². The van der Waals surface area contributed by atoms with Crippen LogP contribution in [0.1, 0.15) is 44.9 Å². The van der Waals surface area contributed by atoms with E-state index in [1.54, 1.807) is 12.1 Å². The van der Waals surface area contributed by atoms with Gasteiger partial charge in [0.2, 0.25) is 15.9 Å². The van der Waals surface area contributed by atoms with E-state index in [0.29, 0.717) is 18.0 Å². The van der Waals surface area contributed by atoms with Crippen molar-refractivity contribution in [3.8, 4) is 0 Å². The topological polar surface area (TPSA) is 101 Å². The predicted molar refractivity (Wildman–Crippen MR) is 98.0 cm³/mol. The fourth-order valence-electron chi connectivity index (χ4n) is 2.89. The molecule has 6 nitrogen and oxygen atoms in total. The second-order valence-electron chi connectivity index (χ2n) is 6.11. The second kappa shape index (κ2) is 8.55. The molecule has 0 unspecified atom stereocenters. The van der Waals surface area contributed by atoms with Crippen molar-refractivity contribution in [2.45, 2.75) is 49.8 Å². The zero-order valence-electron chi connectivity index (χ0n) is 13.5. The van der Waals surface area contributed by atoms with Gasteiger partial charge in [-0.25, -0.2) is 13.6 Å². The van der Waals surface area contributed by atoms with E-state index in [1.165, 1.54) is 44.2 Å². The molecule has 0 heterocycles. The van der Waals surface area contributed by atoms with Gasteiger partial charge < -0.3 is 10.6 Å². The van der Waals surface area contributed by atoms with Gasteiger partial charge in [-0.15, -0.1) is 0 Å². The van der Waals surface area contributed by atoms with Gasteiger partial charge in [-0.1, -0.05) is 32.1 Å². The largest absolute Gasteiger partial charge is 0.332 e. The van der Waals surface area contributed by atoms with Crippen LogP contribution >= 0.6 is 12.2 Å². The average molecular weight is 370 g/mol. The molecular formula is C16H23N3O3S2. The predicted octanol–water partition coefficient (Wildman–Crippen LogP) is 2.51. The Labute approximate surface area is 148 Å². The summed E-state index contributed by atoms with van der Waals surface area (Å²) in [5.74, 6) is 0.552. The maximum Gasteiger partial charge on any atom is 0.238 e. The smallest absolute Gasteiger partial charge is 0.238 e. The van der Waals surface area contributed by atoms with Crippen molar-refractivity contribution in [3.63, 3.8) is 0 Å². The van der Waals surface area contributed by atoms with Crippen molar-refractivity contribution in [1.82, 2.24) is 5.32 Å². The lowest BCUT2D eigenvalue weighted by atomic mass is 9.86. The molecule has 0 radical (unpaired) electrons. The SMILES string of the molecule is NS(=O)(=O)c1ccc(NC(=S)NC(=O)CCC2CCCCC2)cc1. The van der Waals surface area contributed by atoms with Gasteiger partial charge in [0, 0.05) is 12.1 Å². The minimum absolute atomic E-state index is 0.0236. The van der Waals surface area contributed by atoms with Gasteiger partial charge in [0.25, 0.3) is 0 Å². The molecule has 8 heteroatoms. The molecule has 0 bridgehead atoms. The van der Waals surface area contributed by atoms with E-state index in [0.717, 1.165) is 6.42 Å². The molecule has 1 aliphatic carbocycles. The lowest BCUT2D eigenvalue weighted by Crippen LogP contribution is -2.34. The molecule has 24 heavy (non-hydrogen) atoms. The summed E-state index contributed by atoms with van der Waals surface area (Å²) in [5.41, 5.74) is 0.583. The summed E-state index contributed by atoms with van der Waals surface area (Å²) in [6.45, 7) is 0. The normalized spacial score (nSPS) is 15.7. The number of nitrogens with one attached hydrogen (secondary N) is 2. The molecule has 0 saturated heterocycles. The van der Waals surface area contributed by atoms with Crippen LogP contribution in [0.5, 0.6) is 0 Å². The first-order chi connectivity index (χ1) is 11.3. The van der Waals surface area contributed by atoms with E-state index < -0.39 is 10.0 Å². The molecule has 1 amide bonds. The van der Waals surface area contributed by atoms with Crippen molar-refractivity contribution in [3.05, 3.63) is 24.3 Å². The molecule has 132 valence electrons. The molecule has 1 aliphatic rings. The number of rotatable bonds is 5. The molecular weight excluding hydrogens is 346 g/mol. The van der Waals surface area contributed by atoms with Crippen molar-refractivity contribution < 1.29 is 13.2 Å². The first kappa shape index (κ1) is 18.8. The van der Waals surface area contributed by atoms with Crippen molar-refractivity contribution in [2.75, 3.05) is 5.32 Å². The number of carbonyl (C=O) groups is 1. The van der Waals surface area contributed by atoms with Gasteiger partial charge >= 0.3 is 0 Å². The lowest BCUT2D eigenvalue weighted by molar-refractivity contribution is -0.120. The zero-order valence-corrected chi connectivity index (χ0v) is 15.1. The number of hydrogen-bond acceptors (Lipinski definition) is 4. The molecule has 0 spiro atoms. The Balaban J connectivity index is 1.76. The van der Waals surface area contributed by atoms with Crippen LogP contribution in [0.25, 0.3) is 0 Å². The molecule has 0 aromatic heterocycles. The number of nitrogens with two attached hydrogens (primary N) is 1. The average Bonchev–Trinajstić information content (AvgIpc) is 2.53. The molecule has 1 saturated carbocycles. The van der Waals surface area contributed by atoms with Crippen LogP contribution in [-0.2, 0) is 14.8 Å². The number of carbonyl (C=O) groups excluding carboxylic acids is 1. The van der Waals surface area contributed by atoms with Crippen LogP contribution in [0, 0.1) is 5.92 Å². The highest BCUT2D eigenvalue weighted by Crippen LogP contribution is 2.27. The van der Waals surface area contributed by atoms with Crippen LogP contribution in [-0.4, -0.2) is 19.4 Å². The lowest BCUT2D eigenvalue weighted by Gasteiger charge is -2.21. The number of amides is 1. The fourth-order valence-corrected chi connectivity index (χ4v) is 3.64. The molecule has 0 atom stereocenters. The summed E-state index contributed by atoms with van der Waals surface area (Å²) in [4.78, 5) is 12.0. The van der Waals surface area contributed by atoms with Crippen LogP contribution in [0.2, 0.25) is 0 Å². The van der Waals surface area contributed by atoms with Crippen molar-refractivity contribution in [2.24, 2.45) is 11.1 Å². The quantitative estimate of drug-likeness (QED) is 0.692. The number of thiocarbonyl (C=S) groups is 1. The number of hydrogen-bond donors (Lipinski definition) is 3. The molecule has 0 aliphatic heterocycles. The third-order valence-electron chi connectivity index (χ3n) is 4.20. The third kappa shape index (κ3) is 6.18. The summed E-state index contributed by atoms with van der Waals surface area (Å²) >= 11 is 5.10. The molecule has 1 aromatic carbocycles. The van der Waals surface area contributed by atoms with Gasteiger partial charge in [-0.2, -0.15) is 0 Å². The number of sulfonamides is 1. The van der Waals surface area contributed by atoms with Gasteiger partial charge in [-0.3, -0.25) is 4.79 Å². The Morgan fingerprint density at radius 2 is 1.79 bits per heavy atom. The first-order valence-corrected chi connectivity index (χ1v) is 10.0. The standard InChI is InChI=1S/C16H23N3O3S2/c17-24(21,22)14-9-7-13(8-10-14)18-16(23)19-15(20)11-6-12-4-2-1-3-5-12/h7-10,12H,1-6,11H2,(H2,17,21,22)(H2,18,19,20,23). The van der Waals surface area contributed by atoms with E-state index in [9.17, 15) is 13.2 Å². The molecule has 1 fully saturated rings. The van der Waals surface area contributed by atoms with Crippen LogP contribution in [0.3, 0.4) is 0 Å². The highest BCUT2D eigenvalue weighted by atomic mass is 32.2. The Hall–Kier alpha value is -1.51. The van der Waals surface area contributed by atoms with E-state index in [1.807, 2.05) is 0 Å². The summed E-state index contributed by atoms with van der Waals surface area (Å²) in [6, 6.07) is 5.84. The van der Waals surface area contributed by atoms with Crippen LogP contribution in [0.4, 0.5) is 5.69 Å². The van der Waals surface area contributed by atoms with Crippen molar-refractivity contribution in [1.29, 1.82) is 0 Å². The second-order valence-corrected chi connectivity index (χ2v) is 8.08. The molecule has 1 aromatic rings. The van der Waals surface area contributed by atoms with E-state index in [4.69, 9.17) is 17.4 Å². The monoisotopic (exact) mass is 369 g/mol. The Morgan fingerprint density at radius 1 is 1.17 bits per heavy atom. The molecule has 2 rings (SSSR count). The van der Waals surface area contributed by atoms with Crippen LogP contribution < -0.4 is 15.8 Å². The number of primary sulfonamides is 1. The summed E-state index contributed by atoms with van der Waals surface area (Å²) in [7, 11) is -3.72. The van der Waals surface area contributed by atoms with E-state index in [-0.39, 0.29) is 15.9 Å². The Kier molecular flexibility index (Phi) is 6.70. The highest BCUT2D eigenvalue weighted by molar-refractivity contribution is 7.89. The van der Waals surface area contributed by atoms with Gasteiger partial charge in [-0.05, 0) is 48.8 Å². The minimum Gasteiger partial charge on any atom is -0.332 e. The Bertz CT molecular complexity index is 681. The fraction of sp³-hybridized carbons (Fsp3) is 0.500. The zero-order chi connectivity index (χ0) is 17.6. The Morgan fingerprint density at radius 3 is 2.38 bits per heavy atom. The number of benzene rings is 1. The van der Waals surface area contributed by atoms with Crippen molar-refractivity contribution >= 4 is 38.9 Å². The van der Waals surface area contributed by atoms with Gasteiger partial charge in [0.05, 0.1) is 4.90 Å². The van der Waals surface area contributed by atoms with Gasteiger partial charge in [0.15, 0.2) is 5.11 Å².